The van der Waals surface area contributed by atoms with Crippen LogP contribution in [0.2, 0.25) is 0 Å². The smallest absolute Gasteiger partial charge is 0.236 e. The second-order valence-corrected chi connectivity index (χ2v) is 4.54. The first-order valence-corrected chi connectivity index (χ1v) is 5.75. The minimum absolute atomic E-state index is 0.184. The van der Waals surface area contributed by atoms with Crippen LogP contribution < -0.4 is 5.32 Å². The van der Waals surface area contributed by atoms with Crippen LogP contribution in [0.5, 0.6) is 0 Å². The topological polar surface area (TPSA) is 52.6 Å². The highest BCUT2D eigenvalue weighted by Crippen LogP contribution is 2.18. The third-order valence-corrected chi connectivity index (χ3v) is 2.84. The number of nitrogens with one attached hydrogen (secondary N) is 1. The number of carbonyl (C=O) groups is 1. The maximum Gasteiger partial charge on any atom is 0.236 e. The van der Waals surface area contributed by atoms with Crippen molar-refractivity contribution < 1.29 is 9.90 Å². The monoisotopic (exact) mass is 214 g/mol. The molecule has 1 rings (SSSR count). The van der Waals surface area contributed by atoms with Gasteiger partial charge in [-0.25, -0.2) is 0 Å². The lowest BCUT2D eigenvalue weighted by Crippen LogP contribution is -2.39. The van der Waals surface area contributed by atoms with E-state index in [2.05, 4.69) is 5.32 Å². The van der Waals surface area contributed by atoms with E-state index in [9.17, 15) is 4.79 Å². The summed E-state index contributed by atoms with van der Waals surface area (Å²) in [6.07, 6.45) is 1.86. The van der Waals surface area contributed by atoms with Gasteiger partial charge in [0.1, 0.15) is 0 Å². The zero-order valence-corrected chi connectivity index (χ0v) is 9.70. The van der Waals surface area contributed by atoms with Gasteiger partial charge in [0.15, 0.2) is 0 Å². The van der Waals surface area contributed by atoms with E-state index < -0.39 is 0 Å². The fraction of sp³-hybridized carbons (Fsp3) is 0.909. The molecule has 4 nitrogen and oxygen atoms in total. The quantitative estimate of drug-likeness (QED) is 0.688. The number of aliphatic hydroxyl groups is 1. The van der Waals surface area contributed by atoms with Crippen LogP contribution in [0.3, 0.4) is 0 Å². The second kappa shape index (κ2) is 6.08. The first kappa shape index (κ1) is 12.5. The van der Waals surface area contributed by atoms with Crippen molar-refractivity contribution in [3.05, 3.63) is 0 Å². The van der Waals surface area contributed by atoms with Gasteiger partial charge in [0.2, 0.25) is 5.91 Å². The molecule has 1 saturated heterocycles. The highest BCUT2D eigenvalue weighted by Gasteiger charge is 2.25. The molecule has 88 valence electrons. The molecule has 1 unspecified atom stereocenters. The molecule has 0 bridgehead atoms. The van der Waals surface area contributed by atoms with E-state index in [1.807, 2.05) is 18.7 Å². The van der Waals surface area contributed by atoms with Crippen LogP contribution in [0.1, 0.15) is 26.7 Å². The summed E-state index contributed by atoms with van der Waals surface area (Å²) in [6, 6.07) is 0.352. The fourth-order valence-corrected chi connectivity index (χ4v) is 1.88. The van der Waals surface area contributed by atoms with Gasteiger partial charge in [-0.05, 0) is 18.8 Å². The minimum atomic E-state index is 0.184. The molecule has 0 radical (unpaired) electrons. The van der Waals surface area contributed by atoms with E-state index in [0.717, 1.165) is 25.9 Å². The number of hydrogen-bond acceptors (Lipinski definition) is 3. The van der Waals surface area contributed by atoms with Gasteiger partial charge < -0.3 is 15.3 Å². The average Bonchev–Trinajstić information content (AvgIpc) is 2.63. The third kappa shape index (κ3) is 4.18. The summed E-state index contributed by atoms with van der Waals surface area (Å²) in [4.78, 5) is 13.6. The van der Waals surface area contributed by atoms with E-state index in [0.29, 0.717) is 18.5 Å². The number of carbonyl (C=O) groups excluding carboxylic acids is 1. The van der Waals surface area contributed by atoms with Crippen LogP contribution in [0.25, 0.3) is 0 Å². The van der Waals surface area contributed by atoms with Gasteiger partial charge >= 0.3 is 0 Å². The molecule has 0 spiro atoms. The van der Waals surface area contributed by atoms with E-state index in [4.69, 9.17) is 5.11 Å². The number of amides is 1. The van der Waals surface area contributed by atoms with E-state index >= 15 is 0 Å². The lowest BCUT2D eigenvalue weighted by molar-refractivity contribution is -0.129. The van der Waals surface area contributed by atoms with Crippen LogP contribution >= 0.6 is 0 Å². The van der Waals surface area contributed by atoms with Gasteiger partial charge in [-0.1, -0.05) is 13.8 Å². The normalized spacial score (nSPS) is 21.3. The first-order valence-electron chi connectivity index (χ1n) is 5.75. The second-order valence-electron chi connectivity index (χ2n) is 4.54. The predicted molar refractivity (Wildman–Crippen MR) is 59.5 cm³/mol. The summed E-state index contributed by atoms with van der Waals surface area (Å²) in [7, 11) is 0. The van der Waals surface area contributed by atoms with Gasteiger partial charge in [-0.2, -0.15) is 0 Å². The molecule has 0 aliphatic carbocycles. The summed E-state index contributed by atoms with van der Waals surface area (Å²) in [5.41, 5.74) is 0. The van der Waals surface area contributed by atoms with Crippen LogP contribution in [0.4, 0.5) is 0 Å². The molecular weight excluding hydrogens is 192 g/mol. The molecule has 4 heteroatoms. The Morgan fingerprint density at radius 2 is 2.33 bits per heavy atom. The molecule has 1 aliphatic rings. The SMILES string of the molecule is CC(C)NCC(=O)N1CCC(CCO)C1. The van der Waals surface area contributed by atoms with Crippen molar-refractivity contribution in [2.45, 2.75) is 32.7 Å². The van der Waals surface area contributed by atoms with Gasteiger partial charge in [-0.15, -0.1) is 0 Å². The zero-order chi connectivity index (χ0) is 11.3. The summed E-state index contributed by atoms with van der Waals surface area (Å²) in [6.45, 7) is 6.40. The lowest BCUT2D eigenvalue weighted by atomic mass is 10.1. The molecular formula is C11H22N2O2. The summed E-state index contributed by atoms with van der Waals surface area (Å²) in [5.74, 6) is 0.683. The largest absolute Gasteiger partial charge is 0.396 e. The molecule has 1 amide bonds. The number of aliphatic hydroxyl groups excluding tert-OH is 1. The molecule has 1 fully saturated rings. The Morgan fingerprint density at radius 3 is 2.93 bits per heavy atom. The third-order valence-electron chi connectivity index (χ3n) is 2.84. The Bertz CT molecular complexity index is 207. The van der Waals surface area contributed by atoms with Crippen molar-refractivity contribution in [1.82, 2.24) is 10.2 Å². The lowest BCUT2D eigenvalue weighted by Gasteiger charge is -2.17. The molecule has 1 aliphatic heterocycles. The highest BCUT2D eigenvalue weighted by atomic mass is 16.3. The molecule has 15 heavy (non-hydrogen) atoms. The Kier molecular flexibility index (Phi) is 5.05. The van der Waals surface area contributed by atoms with Gasteiger partial charge in [-0.3, -0.25) is 4.79 Å². The minimum Gasteiger partial charge on any atom is -0.396 e. The number of likely N-dealkylation sites (tertiary alicyclic amines) is 1. The number of hydrogen-bond donors (Lipinski definition) is 2. The molecule has 2 N–H and O–H groups in total. The van der Waals surface area contributed by atoms with Crippen LogP contribution in [0.15, 0.2) is 0 Å². The van der Waals surface area contributed by atoms with Gasteiger partial charge in [0, 0.05) is 25.7 Å². The van der Waals surface area contributed by atoms with E-state index in [1.165, 1.54) is 0 Å². The van der Waals surface area contributed by atoms with Crippen LogP contribution in [0, 0.1) is 5.92 Å². The van der Waals surface area contributed by atoms with Crippen molar-refractivity contribution in [2.75, 3.05) is 26.2 Å². The fourth-order valence-electron chi connectivity index (χ4n) is 1.88. The number of rotatable bonds is 5. The van der Waals surface area contributed by atoms with E-state index in [-0.39, 0.29) is 12.5 Å². The summed E-state index contributed by atoms with van der Waals surface area (Å²) < 4.78 is 0. The molecule has 0 aromatic carbocycles. The van der Waals surface area contributed by atoms with Crippen molar-refractivity contribution in [2.24, 2.45) is 5.92 Å². The zero-order valence-electron chi connectivity index (χ0n) is 9.70. The standard InChI is InChI=1S/C11H22N2O2/c1-9(2)12-7-11(15)13-5-3-10(8-13)4-6-14/h9-10,12,14H,3-8H2,1-2H3. The Balaban J connectivity index is 2.24. The van der Waals surface area contributed by atoms with Gasteiger partial charge in [0.25, 0.3) is 0 Å². The summed E-state index contributed by atoms with van der Waals surface area (Å²) >= 11 is 0. The maximum absolute atomic E-state index is 11.7. The Labute approximate surface area is 91.6 Å². The van der Waals surface area contributed by atoms with Gasteiger partial charge in [0.05, 0.1) is 6.54 Å². The Morgan fingerprint density at radius 1 is 1.60 bits per heavy atom. The summed E-state index contributed by atoms with van der Waals surface area (Å²) in [5, 5.41) is 11.9. The number of nitrogens with zero attached hydrogens (tertiary/aromatic N) is 1. The molecule has 0 aromatic rings. The maximum atomic E-state index is 11.7. The van der Waals surface area contributed by atoms with Crippen molar-refractivity contribution in [3.63, 3.8) is 0 Å². The predicted octanol–water partition coefficient (Wildman–Crippen LogP) is 0.215. The van der Waals surface area contributed by atoms with Crippen molar-refractivity contribution in [3.8, 4) is 0 Å². The van der Waals surface area contributed by atoms with Crippen LogP contribution in [-0.4, -0.2) is 48.2 Å². The van der Waals surface area contributed by atoms with Crippen molar-refractivity contribution >= 4 is 5.91 Å². The van der Waals surface area contributed by atoms with Crippen molar-refractivity contribution in [1.29, 1.82) is 0 Å². The Hall–Kier alpha value is -0.610. The molecule has 0 saturated carbocycles. The first-order chi connectivity index (χ1) is 7.13. The molecule has 1 atom stereocenters. The molecule has 0 aromatic heterocycles. The highest BCUT2D eigenvalue weighted by molar-refractivity contribution is 5.78. The van der Waals surface area contributed by atoms with Crippen LogP contribution in [-0.2, 0) is 4.79 Å². The van der Waals surface area contributed by atoms with E-state index in [1.54, 1.807) is 0 Å². The molecule has 1 heterocycles. The average molecular weight is 214 g/mol.